The standard InChI is InChI=1S/C11H7F3N2O3/c12-11(13,14)10(18)19-8-4-16-7-2-1-5(9(15)17)3-6(7)8/h1-4,16H,(H2,15,17). The van der Waals surface area contributed by atoms with Crippen molar-refractivity contribution in [3.8, 4) is 5.75 Å². The van der Waals surface area contributed by atoms with Crippen molar-refractivity contribution >= 4 is 22.8 Å². The van der Waals surface area contributed by atoms with Crippen LogP contribution in [0.5, 0.6) is 5.75 Å². The first kappa shape index (κ1) is 12.9. The molecule has 0 spiro atoms. The molecule has 0 saturated heterocycles. The number of nitrogens with two attached hydrogens (primary N) is 1. The number of hydrogen-bond donors (Lipinski definition) is 2. The molecule has 19 heavy (non-hydrogen) atoms. The number of nitrogens with one attached hydrogen (secondary N) is 1. The van der Waals surface area contributed by atoms with Crippen LogP contribution >= 0.6 is 0 Å². The minimum absolute atomic E-state index is 0.0939. The van der Waals surface area contributed by atoms with Gasteiger partial charge in [-0.15, -0.1) is 0 Å². The van der Waals surface area contributed by atoms with E-state index in [0.717, 1.165) is 6.20 Å². The Morgan fingerprint density at radius 2 is 1.95 bits per heavy atom. The smallest absolute Gasteiger partial charge is 0.418 e. The Balaban J connectivity index is 2.41. The third-order valence-electron chi connectivity index (χ3n) is 2.36. The van der Waals surface area contributed by atoms with Crippen molar-refractivity contribution in [1.29, 1.82) is 0 Å². The van der Waals surface area contributed by atoms with E-state index in [2.05, 4.69) is 9.72 Å². The number of fused-ring (bicyclic) bond motifs is 1. The highest BCUT2D eigenvalue weighted by Gasteiger charge is 2.41. The summed E-state index contributed by atoms with van der Waals surface area (Å²) in [5.41, 5.74) is 5.56. The number of amides is 1. The normalized spacial score (nSPS) is 11.5. The van der Waals surface area contributed by atoms with Gasteiger partial charge in [-0.2, -0.15) is 13.2 Å². The van der Waals surface area contributed by atoms with Gasteiger partial charge in [-0.05, 0) is 18.2 Å². The first-order valence-corrected chi connectivity index (χ1v) is 4.99. The van der Waals surface area contributed by atoms with Gasteiger partial charge in [-0.25, -0.2) is 4.79 Å². The van der Waals surface area contributed by atoms with E-state index in [1.54, 1.807) is 0 Å². The highest BCUT2D eigenvalue weighted by Crippen LogP contribution is 2.28. The Labute approximate surface area is 104 Å². The maximum absolute atomic E-state index is 12.1. The highest BCUT2D eigenvalue weighted by molar-refractivity contribution is 5.99. The summed E-state index contributed by atoms with van der Waals surface area (Å²) in [5, 5.41) is 0.161. The van der Waals surface area contributed by atoms with Crippen molar-refractivity contribution in [3.05, 3.63) is 30.0 Å². The monoisotopic (exact) mass is 272 g/mol. The van der Waals surface area contributed by atoms with E-state index in [1.165, 1.54) is 18.2 Å². The number of halogens is 3. The average Bonchev–Trinajstić information content (AvgIpc) is 2.70. The molecule has 0 aliphatic heterocycles. The summed E-state index contributed by atoms with van der Waals surface area (Å²) >= 11 is 0. The summed E-state index contributed by atoms with van der Waals surface area (Å²) in [5.74, 6) is -3.39. The van der Waals surface area contributed by atoms with Gasteiger partial charge in [0.1, 0.15) is 0 Å². The van der Waals surface area contributed by atoms with E-state index >= 15 is 0 Å². The molecule has 0 unspecified atom stereocenters. The molecule has 3 N–H and O–H groups in total. The van der Waals surface area contributed by atoms with E-state index in [0.29, 0.717) is 5.52 Å². The maximum atomic E-state index is 12.1. The Bertz CT molecular complexity index is 661. The van der Waals surface area contributed by atoms with Gasteiger partial charge in [0, 0.05) is 22.7 Å². The van der Waals surface area contributed by atoms with Gasteiger partial charge in [0.05, 0.1) is 0 Å². The summed E-state index contributed by atoms with van der Waals surface area (Å²) in [4.78, 5) is 24.3. The summed E-state index contributed by atoms with van der Waals surface area (Å²) in [6.45, 7) is 0. The molecule has 1 aromatic heterocycles. The number of carbonyl (C=O) groups excluding carboxylic acids is 2. The lowest BCUT2D eigenvalue weighted by Gasteiger charge is -2.05. The number of alkyl halides is 3. The number of ether oxygens (including phenoxy) is 1. The van der Waals surface area contributed by atoms with Crippen LogP contribution in [0, 0.1) is 0 Å². The van der Waals surface area contributed by atoms with Crippen molar-refractivity contribution in [1.82, 2.24) is 4.98 Å². The zero-order chi connectivity index (χ0) is 14.2. The molecule has 0 saturated carbocycles. The van der Waals surface area contributed by atoms with Crippen LogP contribution in [0.1, 0.15) is 10.4 Å². The fraction of sp³-hybridized carbons (Fsp3) is 0.0909. The second kappa shape index (κ2) is 4.30. The van der Waals surface area contributed by atoms with Crippen LogP contribution in [-0.2, 0) is 4.79 Å². The lowest BCUT2D eigenvalue weighted by Crippen LogP contribution is -2.27. The molecule has 2 aromatic rings. The van der Waals surface area contributed by atoms with Crippen LogP contribution in [-0.4, -0.2) is 23.0 Å². The van der Waals surface area contributed by atoms with Crippen molar-refractivity contribution < 1.29 is 27.5 Å². The Hall–Kier alpha value is -2.51. The first-order valence-electron chi connectivity index (χ1n) is 4.99. The van der Waals surface area contributed by atoms with E-state index < -0.39 is 18.1 Å². The molecule has 100 valence electrons. The zero-order valence-electron chi connectivity index (χ0n) is 9.25. The predicted octanol–water partition coefficient (Wildman–Crippen LogP) is 1.73. The number of rotatable bonds is 2. The Morgan fingerprint density at radius 1 is 1.26 bits per heavy atom. The molecule has 0 atom stereocenters. The second-order valence-electron chi connectivity index (χ2n) is 3.66. The molecule has 0 fully saturated rings. The van der Waals surface area contributed by atoms with Gasteiger partial charge in [0.25, 0.3) is 0 Å². The topological polar surface area (TPSA) is 85.2 Å². The number of aromatic nitrogens is 1. The van der Waals surface area contributed by atoms with Crippen molar-refractivity contribution in [3.63, 3.8) is 0 Å². The van der Waals surface area contributed by atoms with Crippen LogP contribution in [0.4, 0.5) is 13.2 Å². The molecule has 0 aliphatic carbocycles. The highest BCUT2D eigenvalue weighted by atomic mass is 19.4. The number of esters is 1. The van der Waals surface area contributed by atoms with E-state index in [9.17, 15) is 22.8 Å². The number of carbonyl (C=O) groups is 2. The lowest BCUT2D eigenvalue weighted by atomic mass is 10.1. The minimum Gasteiger partial charge on any atom is -0.418 e. The van der Waals surface area contributed by atoms with Gasteiger partial charge in [-0.3, -0.25) is 4.79 Å². The molecule has 0 aliphatic rings. The van der Waals surface area contributed by atoms with Crippen LogP contribution < -0.4 is 10.5 Å². The molecular weight excluding hydrogens is 265 g/mol. The van der Waals surface area contributed by atoms with Gasteiger partial charge >= 0.3 is 12.1 Å². The number of hydrogen-bond acceptors (Lipinski definition) is 3. The SMILES string of the molecule is NC(=O)c1ccc2[nH]cc(OC(=O)C(F)(F)F)c2c1. The molecule has 0 radical (unpaired) electrons. The van der Waals surface area contributed by atoms with Gasteiger partial charge in [-0.1, -0.05) is 0 Å². The number of aromatic amines is 1. The molecular formula is C11H7F3N2O3. The van der Waals surface area contributed by atoms with Gasteiger partial charge in [0.2, 0.25) is 5.91 Å². The number of H-pyrrole nitrogens is 1. The Morgan fingerprint density at radius 3 is 2.53 bits per heavy atom. The van der Waals surface area contributed by atoms with E-state index in [4.69, 9.17) is 5.73 Å². The third kappa shape index (κ3) is 2.51. The summed E-state index contributed by atoms with van der Waals surface area (Å²) in [6, 6.07) is 4.09. The fourth-order valence-electron chi connectivity index (χ4n) is 1.49. The molecule has 2 rings (SSSR count). The predicted molar refractivity (Wildman–Crippen MR) is 58.5 cm³/mol. The van der Waals surface area contributed by atoms with Gasteiger partial charge < -0.3 is 15.5 Å². The van der Waals surface area contributed by atoms with Crippen LogP contribution in [0.3, 0.4) is 0 Å². The molecule has 0 bridgehead atoms. The van der Waals surface area contributed by atoms with E-state index in [1.807, 2.05) is 0 Å². The summed E-state index contributed by atoms with van der Waals surface area (Å²) in [7, 11) is 0. The summed E-state index contributed by atoms with van der Waals surface area (Å²) < 4.78 is 40.5. The largest absolute Gasteiger partial charge is 0.491 e. The van der Waals surface area contributed by atoms with Crippen molar-refractivity contribution in [2.24, 2.45) is 5.73 Å². The van der Waals surface area contributed by atoms with E-state index in [-0.39, 0.29) is 16.7 Å². The van der Waals surface area contributed by atoms with Crippen molar-refractivity contribution in [2.75, 3.05) is 0 Å². The summed E-state index contributed by atoms with van der Waals surface area (Å²) in [6.07, 6.45) is -4.00. The van der Waals surface area contributed by atoms with Crippen LogP contribution in [0.15, 0.2) is 24.4 Å². The average molecular weight is 272 g/mol. The minimum atomic E-state index is -5.09. The zero-order valence-corrected chi connectivity index (χ0v) is 9.25. The molecule has 1 amide bonds. The molecule has 8 heteroatoms. The first-order chi connectivity index (χ1) is 8.79. The quantitative estimate of drug-likeness (QED) is 0.816. The molecule has 1 heterocycles. The third-order valence-corrected chi connectivity index (χ3v) is 2.36. The second-order valence-corrected chi connectivity index (χ2v) is 3.66. The molecule has 5 nitrogen and oxygen atoms in total. The lowest BCUT2D eigenvalue weighted by molar-refractivity contribution is -0.189. The number of primary amides is 1. The fourth-order valence-corrected chi connectivity index (χ4v) is 1.49. The Kier molecular flexibility index (Phi) is 2.93. The van der Waals surface area contributed by atoms with Crippen LogP contribution in [0.2, 0.25) is 0 Å². The van der Waals surface area contributed by atoms with Crippen molar-refractivity contribution in [2.45, 2.75) is 6.18 Å². The number of benzene rings is 1. The molecule has 1 aromatic carbocycles. The maximum Gasteiger partial charge on any atom is 0.491 e. The van der Waals surface area contributed by atoms with Gasteiger partial charge in [0.15, 0.2) is 5.75 Å². The van der Waals surface area contributed by atoms with Crippen LogP contribution in [0.25, 0.3) is 10.9 Å².